The van der Waals surface area contributed by atoms with Gasteiger partial charge in [-0.2, -0.15) is 0 Å². The van der Waals surface area contributed by atoms with Gasteiger partial charge in [-0.15, -0.1) is 0 Å². The van der Waals surface area contributed by atoms with E-state index in [4.69, 9.17) is 4.74 Å². The maximum Gasteiger partial charge on any atom is 0.411 e. The zero-order chi connectivity index (χ0) is 36.3. The highest BCUT2D eigenvalue weighted by Gasteiger charge is 2.23. The van der Waals surface area contributed by atoms with Crippen LogP contribution < -0.4 is 26.8 Å². The van der Waals surface area contributed by atoms with Crippen molar-refractivity contribution in [1.82, 2.24) is 25.8 Å². The van der Waals surface area contributed by atoms with E-state index in [1.165, 1.54) is 12.1 Å². The average Bonchev–Trinajstić information content (AvgIpc) is 3.16. The SMILES string of the molecule is O=C(NCCN1CCC(OC(=O)Nc2ccccc2-c2ccccc2)CC1)NCc1cccc(CNC[C@@H](O)c2ccc(O)c3[nH]c(=O)ccc23)c1. The number of pyridine rings is 1. The molecule has 0 bridgehead atoms. The lowest BCUT2D eigenvalue weighted by atomic mass is 10.0. The largest absolute Gasteiger partial charge is 0.506 e. The van der Waals surface area contributed by atoms with Gasteiger partial charge in [-0.3, -0.25) is 10.1 Å². The smallest absolute Gasteiger partial charge is 0.411 e. The standard InChI is InChI=1S/C40H44N6O6/c47-35-15-13-32(33-14-16-37(49)45-38(33)35)36(48)26-41-24-27-7-6-8-28(23-27)25-43-39(50)42-19-22-46-20-17-30(18-21-46)52-40(51)44-34-12-5-4-11-31(34)29-9-2-1-3-10-29/h1-16,23,30,36,41,47-48H,17-22,24-26H2,(H,44,51)(H,45,49)(H2,42,43,50)/t36-/m1/s1. The number of carbonyl (C=O) groups is 2. The van der Waals surface area contributed by atoms with Crippen molar-refractivity contribution in [2.24, 2.45) is 0 Å². The first-order valence-corrected chi connectivity index (χ1v) is 17.5. The number of fused-ring (bicyclic) bond motifs is 1. The number of aromatic nitrogens is 1. The fourth-order valence-corrected chi connectivity index (χ4v) is 6.44. The third-order valence-corrected chi connectivity index (χ3v) is 9.15. The number of ether oxygens (including phenoxy) is 1. The summed E-state index contributed by atoms with van der Waals surface area (Å²) in [5, 5.41) is 33.5. The minimum Gasteiger partial charge on any atom is -0.506 e. The quantitative estimate of drug-likeness (QED) is 0.0874. The molecule has 2 heterocycles. The Hall–Kier alpha value is -5.69. The van der Waals surface area contributed by atoms with Crippen molar-refractivity contribution in [1.29, 1.82) is 0 Å². The molecule has 0 aliphatic carbocycles. The normalized spacial score (nSPS) is 14.1. The molecule has 52 heavy (non-hydrogen) atoms. The number of hydrogen-bond donors (Lipinski definition) is 7. The molecule has 4 aromatic carbocycles. The minimum atomic E-state index is -0.858. The molecule has 7 N–H and O–H groups in total. The van der Waals surface area contributed by atoms with Gasteiger partial charge >= 0.3 is 12.1 Å². The van der Waals surface area contributed by atoms with Gasteiger partial charge in [-0.05, 0) is 53.3 Å². The number of aliphatic hydroxyl groups is 1. The highest BCUT2D eigenvalue weighted by molar-refractivity contribution is 5.91. The number of hydrogen-bond acceptors (Lipinski definition) is 8. The Balaban J connectivity index is 0.864. The summed E-state index contributed by atoms with van der Waals surface area (Å²) in [5.74, 6) is -0.0525. The molecule has 12 heteroatoms. The maximum absolute atomic E-state index is 12.7. The number of para-hydroxylation sites is 1. The number of urea groups is 1. The summed E-state index contributed by atoms with van der Waals surface area (Å²) < 4.78 is 5.74. The van der Waals surface area contributed by atoms with Gasteiger partial charge in [0.15, 0.2) is 0 Å². The number of nitrogens with one attached hydrogen (secondary N) is 5. The molecule has 3 amide bonds. The number of carbonyl (C=O) groups excluding carboxylic acids is 2. The molecule has 1 fully saturated rings. The first-order chi connectivity index (χ1) is 25.3. The number of benzene rings is 4. The van der Waals surface area contributed by atoms with Crippen LogP contribution in [0.5, 0.6) is 5.75 Å². The second-order valence-electron chi connectivity index (χ2n) is 12.8. The molecule has 1 atom stereocenters. The van der Waals surface area contributed by atoms with E-state index in [0.29, 0.717) is 48.3 Å². The predicted octanol–water partition coefficient (Wildman–Crippen LogP) is 5.24. The number of piperidine rings is 1. The van der Waals surface area contributed by atoms with E-state index in [2.05, 4.69) is 31.2 Å². The minimum absolute atomic E-state index is 0.0525. The first kappa shape index (κ1) is 36.1. The number of aromatic hydroxyl groups is 1. The molecular weight excluding hydrogens is 660 g/mol. The third-order valence-electron chi connectivity index (χ3n) is 9.15. The molecule has 6 rings (SSSR count). The molecule has 12 nitrogen and oxygen atoms in total. The lowest BCUT2D eigenvalue weighted by Gasteiger charge is -2.31. The molecule has 0 radical (unpaired) electrons. The molecular formula is C40H44N6O6. The molecule has 1 aliphatic heterocycles. The monoisotopic (exact) mass is 704 g/mol. The molecule has 1 saturated heterocycles. The van der Waals surface area contributed by atoms with Crippen molar-refractivity contribution < 1.29 is 24.5 Å². The van der Waals surface area contributed by atoms with Gasteiger partial charge in [0.05, 0.1) is 17.3 Å². The van der Waals surface area contributed by atoms with Crippen LogP contribution in [0.2, 0.25) is 0 Å². The first-order valence-electron chi connectivity index (χ1n) is 17.5. The van der Waals surface area contributed by atoms with E-state index in [1.807, 2.05) is 78.9 Å². The summed E-state index contributed by atoms with van der Waals surface area (Å²) in [6, 6.07) is 31.2. The number of rotatable bonds is 13. The summed E-state index contributed by atoms with van der Waals surface area (Å²) in [4.78, 5) is 41.8. The van der Waals surface area contributed by atoms with E-state index in [1.54, 1.807) is 12.1 Å². The summed E-state index contributed by atoms with van der Waals surface area (Å²) in [6.07, 6.45) is -0.0387. The van der Waals surface area contributed by atoms with Crippen LogP contribution in [0.4, 0.5) is 15.3 Å². The van der Waals surface area contributed by atoms with Crippen molar-refractivity contribution in [3.63, 3.8) is 0 Å². The van der Waals surface area contributed by atoms with Gasteiger partial charge in [-0.1, -0.05) is 78.9 Å². The fourth-order valence-electron chi connectivity index (χ4n) is 6.44. The summed E-state index contributed by atoms with van der Waals surface area (Å²) >= 11 is 0. The van der Waals surface area contributed by atoms with Crippen molar-refractivity contribution in [2.45, 2.75) is 38.1 Å². The van der Waals surface area contributed by atoms with E-state index >= 15 is 0 Å². The van der Waals surface area contributed by atoms with Crippen LogP contribution >= 0.6 is 0 Å². The van der Waals surface area contributed by atoms with Crippen LogP contribution in [0, 0.1) is 0 Å². The lowest BCUT2D eigenvalue weighted by molar-refractivity contribution is 0.0594. The Morgan fingerprint density at radius 3 is 2.42 bits per heavy atom. The number of aliphatic hydroxyl groups excluding tert-OH is 1. The van der Waals surface area contributed by atoms with Gasteiger partial charge in [0.1, 0.15) is 11.9 Å². The molecule has 0 saturated carbocycles. The van der Waals surface area contributed by atoms with E-state index in [9.17, 15) is 24.6 Å². The summed E-state index contributed by atoms with van der Waals surface area (Å²) in [5.41, 5.74) is 5.16. The predicted molar refractivity (Wildman–Crippen MR) is 201 cm³/mol. The topological polar surface area (TPSA) is 168 Å². The van der Waals surface area contributed by atoms with Crippen LogP contribution in [0.25, 0.3) is 22.0 Å². The van der Waals surface area contributed by atoms with Gasteiger partial charge in [-0.25, -0.2) is 9.59 Å². The van der Waals surface area contributed by atoms with Gasteiger partial charge in [0, 0.05) is 62.8 Å². The van der Waals surface area contributed by atoms with Crippen molar-refractivity contribution in [2.75, 3.05) is 38.0 Å². The number of nitrogens with zero attached hydrogens (tertiary/aromatic N) is 1. The molecule has 0 unspecified atom stereocenters. The third kappa shape index (κ3) is 9.75. The van der Waals surface area contributed by atoms with Crippen LogP contribution in [0.15, 0.2) is 108 Å². The van der Waals surface area contributed by atoms with Gasteiger partial charge < -0.3 is 40.8 Å². The second-order valence-corrected chi connectivity index (χ2v) is 12.8. The van der Waals surface area contributed by atoms with E-state index in [0.717, 1.165) is 48.2 Å². The molecule has 1 aromatic heterocycles. The van der Waals surface area contributed by atoms with Crippen LogP contribution in [-0.2, 0) is 17.8 Å². The van der Waals surface area contributed by atoms with Gasteiger partial charge in [0.25, 0.3) is 0 Å². The second kappa shape index (κ2) is 17.5. The molecule has 1 aliphatic rings. The maximum atomic E-state index is 12.7. The van der Waals surface area contributed by atoms with Crippen molar-refractivity contribution >= 4 is 28.7 Å². The number of anilines is 1. The number of phenolic OH excluding ortho intramolecular Hbond substituents is 1. The zero-order valence-corrected chi connectivity index (χ0v) is 28.8. The Morgan fingerprint density at radius 2 is 1.62 bits per heavy atom. The number of aromatic amines is 1. The Bertz CT molecular complexity index is 2030. The fraction of sp³-hybridized carbons (Fsp3) is 0.275. The Morgan fingerprint density at radius 1 is 0.865 bits per heavy atom. The van der Waals surface area contributed by atoms with E-state index in [-0.39, 0.29) is 30.0 Å². The highest BCUT2D eigenvalue weighted by atomic mass is 16.6. The van der Waals surface area contributed by atoms with Crippen LogP contribution in [0.1, 0.15) is 35.6 Å². The van der Waals surface area contributed by atoms with Crippen molar-refractivity contribution in [3.8, 4) is 16.9 Å². The number of phenols is 1. The number of H-pyrrole nitrogens is 1. The summed E-state index contributed by atoms with van der Waals surface area (Å²) in [7, 11) is 0. The zero-order valence-electron chi connectivity index (χ0n) is 28.8. The average molecular weight is 705 g/mol. The molecule has 0 spiro atoms. The van der Waals surface area contributed by atoms with Crippen molar-refractivity contribution in [3.05, 3.63) is 130 Å². The lowest BCUT2D eigenvalue weighted by Crippen LogP contribution is -2.44. The van der Waals surface area contributed by atoms with Crippen LogP contribution in [-0.4, -0.2) is 71.0 Å². The van der Waals surface area contributed by atoms with E-state index < -0.39 is 12.2 Å². The highest BCUT2D eigenvalue weighted by Crippen LogP contribution is 2.29. The summed E-state index contributed by atoms with van der Waals surface area (Å²) in [6.45, 7) is 3.85. The van der Waals surface area contributed by atoms with Gasteiger partial charge in [0.2, 0.25) is 5.56 Å². The molecule has 270 valence electrons. The van der Waals surface area contributed by atoms with Crippen LogP contribution in [0.3, 0.4) is 0 Å². The Labute approximate surface area is 301 Å². The number of likely N-dealkylation sites (tertiary alicyclic amines) is 1. The Kier molecular flexibility index (Phi) is 12.1. The number of amides is 3. The molecule has 5 aromatic rings.